The smallest absolute Gasteiger partial charge is 0.313 e. The molecule has 2 N–H and O–H groups in total. The fourth-order valence-corrected chi connectivity index (χ4v) is 4.73. The van der Waals surface area contributed by atoms with Crippen molar-refractivity contribution >= 4 is 11.8 Å². The zero-order chi connectivity index (χ0) is 22.2. The Morgan fingerprint density at radius 2 is 2.06 bits per heavy atom. The summed E-state index contributed by atoms with van der Waals surface area (Å²) in [5.41, 5.74) is 3.33. The second kappa shape index (κ2) is 11.4. The van der Waals surface area contributed by atoms with Gasteiger partial charge in [0, 0.05) is 18.8 Å². The Hall–Kier alpha value is -2.44. The third kappa shape index (κ3) is 6.30. The lowest BCUT2D eigenvalue weighted by molar-refractivity contribution is -0.141. The molecule has 0 bridgehead atoms. The molecule has 0 saturated carbocycles. The number of hydrogen-bond acceptors (Lipinski definition) is 5. The van der Waals surface area contributed by atoms with Gasteiger partial charge in [0.05, 0.1) is 12.7 Å². The molecule has 1 aromatic heterocycles. The van der Waals surface area contributed by atoms with Crippen molar-refractivity contribution in [1.82, 2.24) is 9.88 Å². The van der Waals surface area contributed by atoms with Crippen molar-refractivity contribution in [2.45, 2.75) is 57.0 Å². The molecule has 0 spiro atoms. The van der Waals surface area contributed by atoms with E-state index in [2.05, 4.69) is 22.3 Å². The Kier molecular flexibility index (Phi) is 8.13. The molecule has 1 saturated heterocycles. The van der Waals surface area contributed by atoms with E-state index in [9.17, 15) is 9.90 Å². The SMILES string of the molecule is O=C(O)[C@@H](CO[C@@H]1CCCN(CCCCc2ccc3c(n2)NCCC3)C1)c1ccccc1. The van der Waals surface area contributed by atoms with Crippen molar-refractivity contribution < 1.29 is 14.6 Å². The summed E-state index contributed by atoms with van der Waals surface area (Å²) in [5, 5.41) is 13.0. The molecule has 2 aliphatic rings. The van der Waals surface area contributed by atoms with Crippen LogP contribution in [0.3, 0.4) is 0 Å². The van der Waals surface area contributed by atoms with Gasteiger partial charge in [-0.2, -0.15) is 0 Å². The summed E-state index contributed by atoms with van der Waals surface area (Å²) in [6.07, 6.45) is 7.83. The Morgan fingerprint density at radius 3 is 2.91 bits per heavy atom. The van der Waals surface area contributed by atoms with Crippen LogP contribution in [-0.2, 0) is 22.4 Å². The monoisotopic (exact) mass is 437 g/mol. The maximum Gasteiger partial charge on any atom is 0.313 e. The summed E-state index contributed by atoms with van der Waals surface area (Å²) in [5.74, 6) is -0.347. The van der Waals surface area contributed by atoms with Gasteiger partial charge >= 0.3 is 5.97 Å². The number of aromatic nitrogens is 1. The highest BCUT2D eigenvalue weighted by atomic mass is 16.5. The molecule has 1 fully saturated rings. The van der Waals surface area contributed by atoms with Crippen LogP contribution in [0.5, 0.6) is 0 Å². The first-order valence-corrected chi connectivity index (χ1v) is 12.0. The number of rotatable bonds is 10. The first-order valence-electron chi connectivity index (χ1n) is 12.0. The number of nitrogens with one attached hydrogen (secondary N) is 1. The molecule has 0 amide bonds. The molecule has 2 aliphatic heterocycles. The highest BCUT2D eigenvalue weighted by Gasteiger charge is 2.25. The van der Waals surface area contributed by atoms with Gasteiger partial charge in [-0.25, -0.2) is 4.98 Å². The Morgan fingerprint density at radius 1 is 1.19 bits per heavy atom. The largest absolute Gasteiger partial charge is 0.481 e. The van der Waals surface area contributed by atoms with Gasteiger partial charge in [0.15, 0.2) is 0 Å². The standard InChI is InChI=1S/C26H35N3O3/c30-26(31)24(20-8-2-1-3-9-20)19-32-23-12-7-17-29(18-23)16-5-4-11-22-14-13-21-10-6-15-27-25(21)28-22/h1-3,8-9,13-14,23-24H,4-7,10-12,15-19H2,(H,27,28)(H,30,31)/t23-,24+/m1/s1. The number of ether oxygens (including phenoxy) is 1. The molecule has 2 atom stereocenters. The van der Waals surface area contributed by atoms with Crippen molar-refractivity contribution in [3.8, 4) is 0 Å². The van der Waals surface area contributed by atoms with Crippen molar-refractivity contribution in [2.75, 3.05) is 38.1 Å². The van der Waals surface area contributed by atoms with E-state index in [-0.39, 0.29) is 12.7 Å². The number of nitrogens with zero attached hydrogens (tertiary/aromatic N) is 2. The van der Waals surface area contributed by atoms with Gasteiger partial charge in [0.1, 0.15) is 11.7 Å². The first kappa shape index (κ1) is 22.7. The molecule has 0 radical (unpaired) electrons. The van der Waals surface area contributed by atoms with Crippen LogP contribution in [0.2, 0.25) is 0 Å². The number of benzene rings is 1. The molecular formula is C26H35N3O3. The average molecular weight is 438 g/mol. The van der Waals surface area contributed by atoms with Crippen LogP contribution < -0.4 is 5.32 Å². The van der Waals surface area contributed by atoms with Gasteiger partial charge in [-0.1, -0.05) is 36.4 Å². The number of piperidine rings is 1. The second-order valence-electron chi connectivity index (χ2n) is 9.00. The van der Waals surface area contributed by atoms with E-state index < -0.39 is 11.9 Å². The number of carbonyl (C=O) groups is 1. The Bertz CT molecular complexity index is 874. The van der Waals surface area contributed by atoms with Gasteiger partial charge in [-0.05, 0) is 75.2 Å². The lowest BCUT2D eigenvalue weighted by atomic mass is 10.00. The van der Waals surface area contributed by atoms with Crippen LogP contribution in [0.1, 0.15) is 54.8 Å². The van der Waals surface area contributed by atoms with Crippen LogP contribution >= 0.6 is 0 Å². The topological polar surface area (TPSA) is 74.7 Å². The first-order chi connectivity index (χ1) is 15.7. The predicted molar refractivity (Wildman–Crippen MR) is 126 cm³/mol. The van der Waals surface area contributed by atoms with E-state index in [0.717, 1.165) is 76.1 Å². The summed E-state index contributed by atoms with van der Waals surface area (Å²) in [6.45, 7) is 4.31. The number of carboxylic acids is 1. The van der Waals surface area contributed by atoms with Crippen molar-refractivity contribution in [2.24, 2.45) is 0 Å². The molecule has 6 heteroatoms. The van der Waals surface area contributed by atoms with Gasteiger partial charge in [0.25, 0.3) is 0 Å². The third-order valence-electron chi connectivity index (χ3n) is 6.57. The molecule has 0 unspecified atom stereocenters. The van der Waals surface area contributed by atoms with Gasteiger partial charge in [0.2, 0.25) is 0 Å². The number of aryl methyl sites for hydroxylation is 2. The Balaban J connectivity index is 1.18. The number of hydrogen-bond donors (Lipinski definition) is 2. The second-order valence-corrected chi connectivity index (χ2v) is 9.00. The van der Waals surface area contributed by atoms with Gasteiger partial charge in [-0.15, -0.1) is 0 Å². The van der Waals surface area contributed by atoms with Crippen LogP contribution in [-0.4, -0.2) is 59.8 Å². The molecule has 172 valence electrons. The number of aliphatic carboxylic acids is 1. The summed E-state index contributed by atoms with van der Waals surface area (Å²) in [7, 11) is 0. The lowest BCUT2D eigenvalue weighted by Gasteiger charge is -2.33. The minimum Gasteiger partial charge on any atom is -0.481 e. The normalized spacial score (nSPS) is 19.7. The van der Waals surface area contributed by atoms with Crippen molar-refractivity contribution in [1.29, 1.82) is 0 Å². The van der Waals surface area contributed by atoms with E-state index in [0.29, 0.717) is 0 Å². The molecule has 0 aliphatic carbocycles. The number of fused-ring (bicyclic) bond motifs is 1. The fraction of sp³-hybridized carbons (Fsp3) is 0.538. The van der Waals surface area contributed by atoms with E-state index in [1.165, 1.54) is 17.7 Å². The fourth-order valence-electron chi connectivity index (χ4n) is 4.73. The minimum absolute atomic E-state index is 0.114. The summed E-state index contributed by atoms with van der Waals surface area (Å²) < 4.78 is 6.08. The minimum atomic E-state index is -0.824. The van der Waals surface area contributed by atoms with Crippen LogP contribution in [0.25, 0.3) is 0 Å². The highest BCUT2D eigenvalue weighted by molar-refractivity contribution is 5.76. The Labute approximate surface area is 191 Å². The number of likely N-dealkylation sites (tertiary alicyclic amines) is 1. The maximum absolute atomic E-state index is 11.7. The lowest BCUT2D eigenvalue weighted by Crippen LogP contribution is -2.40. The van der Waals surface area contributed by atoms with E-state index in [4.69, 9.17) is 9.72 Å². The van der Waals surface area contributed by atoms with E-state index in [1.54, 1.807) is 0 Å². The quantitative estimate of drug-likeness (QED) is 0.545. The van der Waals surface area contributed by atoms with Gasteiger partial charge in [-0.3, -0.25) is 4.79 Å². The molecule has 32 heavy (non-hydrogen) atoms. The summed E-state index contributed by atoms with van der Waals surface area (Å²) in [6, 6.07) is 13.8. The molecule has 3 heterocycles. The maximum atomic E-state index is 11.7. The van der Waals surface area contributed by atoms with Crippen LogP contribution in [0, 0.1) is 0 Å². The van der Waals surface area contributed by atoms with E-state index >= 15 is 0 Å². The average Bonchev–Trinajstić information content (AvgIpc) is 2.83. The van der Waals surface area contributed by atoms with Crippen LogP contribution in [0.15, 0.2) is 42.5 Å². The van der Waals surface area contributed by atoms with Gasteiger partial charge < -0.3 is 20.1 Å². The van der Waals surface area contributed by atoms with Crippen LogP contribution in [0.4, 0.5) is 5.82 Å². The third-order valence-corrected chi connectivity index (χ3v) is 6.57. The summed E-state index contributed by atoms with van der Waals surface area (Å²) in [4.78, 5) is 19.0. The molecule has 4 rings (SSSR count). The molecule has 2 aromatic rings. The molecular weight excluding hydrogens is 402 g/mol. The summed E-state index contributed by atoms with van der Waals surface area (Å²) >= 11 is 0. The van der Waals surface area contributed by atoms with Crippen molar-refractivity contribution in [3.05, 3.63) is 59.3 Å². The predicted octanol–water partition coefficient (Wildman–Crippen LogP) is 4.11. The zero-order valence-electron chi connectivity index (χ0n) is 18.8. The number of anilines is 1. The molecule has 1 aromatic carbocycles. The zero-order valence-corrected chi connectivity index (χ0v) is 18.8. The highest BCUT2D eigenvalue weighted by Crippen LogP contribution is 2.22. The molecule has 6 nitrogen and oxygen atoms in total. The number of pyridine rings is 1. The number of carboxylic acid groups (broad SMARTS) is 1. The number of unbranched alkanes of at least 4 members (excludes halogenated alkanes) is 1. The van der Waals surface area contributed by atoms with E-state index in [1.807, 2.05) is 30.3 Å². The van der Waals surface area contributed by atoms with Crippen molar-refractivity contribution in [3.63, 3.8) is 0 Å².